The molecule has 2 rings (SSSR count). The fraction of sp³-hybridized carbons (Fsp3) is 0.471. The van der Waals surface area contributed by atoms with Gasteiger partial charge in [-0.25, -0.2) is 0 Å². The Labute approximate surface area is 146 Å². The molecule has 6 nitrogen and oxygen atoms in total. The second kappa shape index (κ2) is 8.15. The highest BCUT2D eigenvalue weighted by Gasteiger charge is 2.44. The quantitative estimate of drug-likeness (QED) is 0.762. The van der Waals surface area contributed by atoms with Crippen LogP contribution in [0.2, 0.25) is 5.02 Å². The van der Waals surface area contributed by atoms with Crippen LogP contribution in [0.5, 0.6) is 0 Å². The predicted molar refractivity (Wildman–Crippen MR) is 91.4 cm³/mol. The van der Waals surface area contributed by atoms with Crippen LogP contribution in [0.3, 0.4) is 0 Å². The smallest absolute Gasteiger partial charge is 0.226 e. The Hall–Kier alpha value is -2.08. The van der Waals surface area contributed by atoms with Crippen LogP contribution in [0.1, 0.15) is 31.9 Å². The van der Waals surface area contributed by atoms with Crippen molar-refractivity contribution >= 4 is 29.3 Å². The Morgan fingerprint density at radius 2 is 1.92 bits per heavy atom. The number of carbonyl (C=O) groups is 3. The van der Waals surface area contributed by atoms with Gasteiger partial charge in [-0.15, -0.1) is 0 Å². The van der Waals surface area contributed by atoms with Crippen molar-refractivity contribution in [1.82, 2.24) is 15.5 Å². The van der Waals surface area contributed by atoms with Crippen molar-refractivity contribution in [3.63, 3.8) is 0 Å². The van der Waals surface area contributed by atoms with E-state index >= 15 is 0 Å². The largest absolute Gasteiger partial charge is 0.355 e. The van der Waals surface area contributed by atoms with E-state index < -0.39 is 5.92 Å². The molecule has 1 aromatic rings. The number of rotatable bonds is 6. The fourth-order valence-corrected chi connectivity index (χ4v) is 3.30. The molecule has 2 N–H and O–H groups in total. The van der Waals surface area contributed by atoms with E-state index in [1.165, 1.54) is 6.92 Å². The van der Waals surface area contributed by atoms with Gasteiger partial charge in [-0.05, 0) is 18.6 Å². The Kier molecular flexibility index (Phi) is 6.20. The third-order valence-electron chi connectivity index (χ3n) is 4.13. The van der Waals surface area contributed by atoms with E-state index in [4.69, 9.17) is 11.6 Å². The monoisotopic (exact) mass is 351 g/mol. The Morgan fingerprint density at radius 3 is 2.54 bits per heavy atom. The van der Waals surface area contributed by atoms with Gasteiger partial charge in [0.05, 0.1) is 12.0 Å². The zero-order valence-electron chi connectivity index (χ0n) is 13.8. The topological polar surface area (TPSA) is 78.5 Å². The van der Waals surface area contributed by atoms with Crippen molar-refractivity contribution in [3.05, 3.63) is 34.9 Å². The van der Waals surface area contributed by atoms with Gasteiger partial charge in [-0.2, -0.15) is 0 Å². The minimum atomic E-state index is -0.491. The van der Waals surface area contributed by atoms with Crippen LogP contribution in [0.15, 0.2) is 24.3 Å². The first kappa shape index (κ1) is 18.3. The molecule has 0 saturated carbocycles. The molecule has 1 aliphatic rings. The van der Waals surface area contributed by atoms with Gasteiger partial charge in [0.2, 0.25) is 17.7 Å². The number of hydrogen-bond donors (Lipinski definition) is 2. The lowest BCUT2D eigenvalue weighted by Crippen LogP contribution is -2.39. The first-order valence-corrected chi connectivity index (χ1v) is 8.39. The summed E-state index contributed by atoms with van der Waals surface area (Å²) in [7, 11) is 0. The van der Waals surface area contributed by atoms with Crippen LogP contribution in [-0.2, 0) is 14.4 Å². The number of likely N-dealkylation sites (tertiary alicyclic amines) is 1. The predicted octanol–water partition coefficient (Wildman–Crippen LogP) is 1.50. The van der Waals surface area contributed by atoms with Gasteiger partial charge in [0.25, 0.3) is 0 Å². The summed E-state index contributed by atoms with van der Waals surface area (Å²) in [5.41, 5.74) is 0.786. The highest BCUT2D eigenvalue weighted by atomic mass is 35.5. The summed E-state index contributed by atoms with van der Waals surface area (Å²) in [6, 6.07) is 6.92. The number of nitrogens with zero attached hydrogens (tertiary/aromatic N) is 1. The summed E-state index contributed by atoms with van der Waals surface area (Å²) >= 11 is 6.29. The van der Waals surface area contributed by atoms with Crippen LogP contribution in [-0.4, -0.2) is 42.3 Å². The van der Waals surface area contributed by atoms with E-state index in [1.807, 2.05) is 25.1 Å². The molecule has 1 fully saturated rings. The van der Waals surface area contributed by atoms with Gasteiger partial charge in [-0.3, -0.25) is 14.4 Å². The first-order chi connectivity index (χ1) is 11.5. The molecule has 0 radical (unpaired) electrons. The molecule has 0 aromatic heterocycles. The van der Waals surface area contributed by atoms with Gasteiger partial charge < -0.3 is 15.5 Å². The van der Waals surface area contributed by atoms with Crippen molar-refractivity contribution in [3.8, 4) is 0 Å². The highest BCUT2D eigenvalue weighted by molar-refractivity contribution is 6.31. The number of hydrogen-bond acceptors (Lipinski definition) is 3. The van der Waals surface area contributed by atoms with Crippen LogP contribution in [0, 0.1) is 5.92 Å². The van der Waals surface area contributed by atoms with Gasteiger partial charge in [-0.1, -0.05) is 29.8 Å². The lowest BCUT2D eigenvalue weighted by molar-refractivity contribution is -0.129. The average molecular weight is 352 g/mol. The highest BCUT2D eigenvalue weighted by Crippen LogP contribution is 2.40. The van der Waals surface area contributed by atoms with Crippen molar-refractivity contribution in [2.45, 2.75) is 26.3 Å². The molecule has 0 bridgehead atoms. The molecule has 130 valence electrons. The second-order valence-electron chi connectivity index (χ2n) is 5.73. The average Bonchev–Trinajstić information content (AvgIpc) is 2.88. The van der Waals surface area contributed by atoms with Crippen molar-refractivity contribution < 1.29 is 14.4 Å². The van der Waals surface area contributed by atoms with Gasteiger partial charge in [0, 0.05) is 38.0 Å². The summed E-state index contributed by atoms with van der Waals surface area (Å²) in [4.78, 5) is 37.4. The Morgan fingerprint density at radius 1 is 1.25 bits per heavy atom. The molecular formula is C17H22ClN3O3. The number of benzene rings is 1. The van der Waals surface area contributed by atoms with E-state index in [0.29, 0.717) is 24.7 Å². The van der Waals surface area contributed by atoms with Gasteiger partial charge >= 0.3 is 0 Å². The maximum atomic E-state index is 12.5. The van der Waals surface area contributed by atoms with Crippen molar-refractivity contribution in [2.75, 3.05) is 19.6 Å². The third kappa shape index (κ3) is 4.06. The number of halogens is 1. The van der Waals surface area contributed by atoms with E-state index in [0.717, 1.165) is 5.56 Å². The molecule has 1 aliphatic heterocycles. The Balaban J connectivity index is 2.14. The molecular weight excluding hydrogens is 330 g/mol. The molecule has 1 heterocycles. The molecule has 1 saturated heterocycles. The zero-order valence-corrected chi connectivity index (χ0v) is 14.6. The number of amides is 3. The molecule has 3 amide bonds. The summed E-state index contributed by atoms with van der Waals surface area (Å²) in [6.07, 6.45) is 0.162. The van der Waals surface area contributed by atoms with E-state index in [9.17, 15) is 14.4 Å². The zero-order chi connectivity index (χ0) is 17.7. The minimum absolute atomic E-state index is 0.0515. The molecule has 0 aliphatic carbocycles. The third-order valence-corrected chi connectivity index (χ3v) is 4.48. The van der Waals surface area contributed by atoms with E-state index in [1.54, 1.807) is 11.0 Å². The van der Waals surface area contributed by atoms with Crippen LogP contribution >= 0.6 is 11.6 Å². The summed E-state index contributed by atoms with van der Waals surface area (Å²) < 4.78 is 0. The molecule has 1 aromatic carbocycles. The lowest BCUT2D eigenvalue weighted by Gasteiger charge is -2.28. The molecule has 7 heteroatoms. The number of nitrogens with one attached hydrogen (secondary N) is 2. The standard InChI is InChI=1S/C17H22ClN3O3/c1-3-21-15(23)10-13(17(24)20-9-8-19-11(2)22)16(21)12-6-4-5-7-14(12)18/h4-7,13,16H,3,8-10H2,1-2H3,(H,19,22)(H,20,24)/t13-,16+/m1/s1. The second-order valence-corrected chi connectivity index (χ2v) is 6.14. The Bertz CT molecular complexity index is 635. The van der Waals surface area contributed by atoms with E-state index in [2.05, 4.69) is 10.6 Å². The summed E-state index contributed by atoms with van der Waals surface area (Å²) in [5.74, 6) is -0.889. The fourth-order valence-electron chi connectivity index (χ4n) is 3.05. The van der Waals surface area contributed by atoms with Crippen LogP contribution < -0.4 is 10.6 Å². The molecule has 0 spiro atoms. The SMILES string of the molecule is CCN1C(=O)C[C@@H](C(=O)NCCNC(C)=O)[C@@H]1c1ccccc1Cl. The molecule has 24 heavy (non-hydrogen) atoms. The minimum Gasteiger partial charge on any atom is -0.355 e. The number of carbonyl (C=O) groups excluding carboxylic acids is 3. The van der Waals surface area contributed by atoms with Crippen molar-refractivity contribution in [2.24, 2.45) is 5.92 Å². The van der Waals surface area contributed by atoms with Crippen LogP contribution in [0.4, 0.5) is 0 Å². The molecule has 2 atom stereocenters. The normalized spacial score (nSPS) is 20.1. The van der Waals surface area contributed by atoms with Crippen LogP contribution in [0.25, 0.3) is 0 Å². The maximum absolute atomic E-state index is 12.5. The van der Waals surface area contributed by atoms with E-state index in [-0.39, 0.29) is 30.2 Å². The summed E-state index contributed by atoms with van der Waals surface area (Å²) in [5, 5.41) is 5.96. The molecule has 0 unspecified atom stereocenters. The summed E-state index contributed by atoms with van der Waals surface area (Å²) in [6.45, 7) is 4.51. The lowest BCUT2D eigenvalue weighted by atomic mass is 9.92. The van der Waals surface area contributed by atoms with Gasteiger partial charge in [0.1, 0.15) is 0 Å². The maximum Gasteiger partial charge on any atom is 0.226 e. The van der Waals surface area contributed by atoms with Crippen molar-refractivity contribution in [1.29, 1.82) is 0 Å². The first-order valence-electron chi connectivity index (χ1n) is 8.01. The van der Waals surface area contributed by atoms with Gasteiger partial charge in [0.15, 0.2) is 0 Å².